The lowest BCUT2D eigenvalue weighted by molar-refractivity contribution is 0.647. The lowest BCUT2D eigenvalue weighted by Crippen LogP contribution is -2.23. The molecule has 0 saturated carbocycles. The van der Waals surface area contributed by atoms with Gasteiger partial charge >= 0.3 is 0 Å². The quantitative estimate of drug-likeness (QED) is 0.887. The highest BCUT2D eigenvalue weighted by Gasteiger charge is 2.15. The fraction of sp³-hybridized carbons (Fsp3) is 0.533. The van der Waals surface area contributed by atoms with E-state index in [-0.39, 0.29) is 12.4 Å². The Morgan fingerprint density at radius 1 is 1.17 bits per heavy atom. The molecular weight excluding hydrogens is 244 g/mol. The van der Waals surface area contributed by atoms with Crippen molar-refractivity contribution in [3.63, 3.8) is 0 Å². The third kappa shape index (κ3) is 3.74. The molecule has 0 spiro atoms. The zero-order valence-electron chi connectivity index (χ0n) is 11.4. The summed E-state index contributed by atoms with van der Waals surface area (Å²) in [4.78, 5) is 4.49. The van der Waals surface area contributed by atoms with Crippen molar-refractivity contribution in [1.82, 2.24) is 5.32 Å². The minimum atomic E-state index is 0. The minimum absolute atomic E-state index is 0. The number of hydrogen-bond donors (Lipinski definition) is 1. The summed E-state index contributed by atoms with van der Waals surface area (Å²) >= 11 is 0. The van der Waals surface area contributed by atoms with Gasteiger partial charge in [0, 0.05) is 12.5 Å². The Morgan fingerprint density at radius 3 is 2.33 bits per heavy atom. The Bertz CT molecular complexity index is 395. The maximum atomic E-state index is 4.49. The summed E-state index contributed by atoms with van der Waals surface area (Å²) in [5.74, 6) is 2.26. The van der Waals surface area contributed by atoms with Gasteiger partial charge in [0.15, 0.2) is 0 Å². The van der Waals surface area contributed by atoms with Gasteiger partial charge in [0.2, 0.25) is 0 Å². The van der Waals surface area contributed by atoms with Gasteiger partial charge in [0.25, 0.3) is 0 Å². The van der Waals surface area contributed by atoms with Crippen LogP contribution in [0.1, 0.15) is 37.8 Å². The molecule has 0 fully saturated rings. The molecule has 0 aromatic heterocycles. The molecule has 0 aliphatic carbocycles. The Morgan fingerprint density at radius 2 is 1.83 bits per heavy atom. The summed E-state index contributed by atoms with van der Waals surface area (Å²) in [6.45, 7) is 8.65. The molecule has 100 valence electrons. The minimum Gasteiger partial charge on any atom is -0.371 e. The molecule has 2 rings (SSSR count). The molecule has 18 heavy (non-hydrogen) atoms. The third-order valence-electron chi connectivity index (χ3n) is 3.23. The fourth-order valence-electron chi connectivity index (χ4n) is 2.28. The fourth-order valence-corrected chi connectivity index (χ4v) is 2.28. The van der Waals surface area contributed by atoms with Crippen LogP contribution >= 0.6 is 12.4 Å². The van der Waals surface area contributed by atoms with E-state index in [0.717, 1.165) is 31.3 Å². The van der Waals surface area contributed by atoms with Gasteiger partial charge in [-0.3, -0.25) is 4.99 Å². The molecule has 3 heteroatoms. The molecule has 1 aromatic carbocycles. The van der Waals surface area contributed by atoms with Gasteiger partial charge in [-0.15, -0.1) is 12.4 Å². The van der Waals surface area contributed by atoms with Gasteiger partial charge in [-0.2, -0.15) is 0 Å². The molecule has 2 nitrogen and oxygen atoms in total. The molecule has 0 bridgehead atoms. The van der Waals surface area contributed by atoms with E-state index in [0.29, 0.717) is 5.92 Å². The number of rotatable bonds is 4. The number of benzene rings is 1. The van der Waals surface area contributed by atoms with Crippen molar-refractivity contribution in [2.45, 2.75) is 33.1 Å². The summed E-state index contributed by atoms with van der Waals surface area (Å²) in [6.07, 6.45) is 1.16. The Balaban J connectivity index is 0.00000162. The average Bonchev–Trinajstić information content (AvgIpc) is 2.82. The monoisotopic (exact) mass is 266 g/mol. The van der Waals surface area contributed by atoms with Crippen molar-refractivity contribution in [1.29, 1.82) is 0 Å². The van der Waals surface area contributed by atoms with Crippen LogP contribution < -0.4 is 5.32 Å². The van der Waals surface area contributed by atoms with E-state index in [1.54, 1.807) is 0 Å². The van der Waals surface area contributed by atoms with E-state index in [9.17, 15) is 0 Å². The highest BCUT2D eigenvalue weighted by molar-refractivity contribution is 5.89. The lowest BCUT2D eigenvalue weighted by Gasteiger charge is -2.13. The van der Waals surface area contributed by atoms with Crippen molar-refractivity contribution in [3.05, 3.63) is 35.4 Å². The zero-order valence-corrected chi connectivity index (χ0v) is 12.3. The van der Waals surface area contributed by atoms with Crippen LogP contribution in [0.15, 0.2) is 29.3 Å². The number of hydrogen-bond acceptors (Lipinski definition) is 2. The van der Waals surface area contributed by atoms with Gasteiger partial charge in [-0.05, 0) is 23.5 Å². The summed E-state index contributed by atoms with van der Waals surface area (Å²) in [6, 6.07) is 8.98. The number of halogens is 1. The number of aliphatic imine (C=N–C) groups is 1. The molecule has 1 heterocycles. The van der Waals surface area contributed by atoms with Gasteiger partial charge in [-0.1, -0.05) is 45.0 Å². The van der Waals surface area contributed by atoms with Crippen LogP contribution in [0.25, 0.3) is 0 Å². The summed E-state index contributed by atoms with van der Waals surface area (Å²) < 4.78 is 0. The van der Waals surface area contributed by atoms with Crippen LogP contribution in [0, 0.1) is 5.92 Å². The molecule has 0 amide bonds. The number of nitrogens with zero attached hydrogens (tertiary/aromatic N) is 1. The maximum Gasteiger partial charge on any atom is 0.104 e. The van der Waals surface area contributed by atoms with Crippen molar-refractivity contribution in [2.75, 3.05) is 13.1 Å². The number of amidine groups is 1. The third-order valence-corrected chi connectivity index (χ3v) is 3.23. The second kappa shape index (κ2) is 6.79. The first-order chi connectivity index (χ1) is 8.16. The van der Waals surface area contributed by atoms with Crippen molar-refractivity contribution in [2.24, 2.45) is 10.9 Å². The molecule has 0 radical (unpaired) electrons. The zero-order chi connectivity index (χ0) is 12.3. The first kappa shape index (κ1) is 15.0. The van der Waals surface area contributed by atoms with Gasteiger partial charge in [0.05, 0.1) is 6.54 Å². The largest absolute Gasteiger partial charge is 0.371 e. The van der Waals surface area contributed by atoms with E-state index in [1.165, 1.54) is 11.1 Å². The Labute approximate surface area is 116 Å². The standard InChI is InChI=1S/C15H22N2.ClH/c1-11(2)10-13-4-6-14(7-5-13)12(3)15-16-8-9-17-15;/h4-7,11-12H,8-10H2,1-3H3,(H,16,17);1H. The normalized spacial score (nSPS) is 15.9. The SMILES string of the molecule is CC(C)Cc1ccc(C(C)C2=NCCN2)cc1.Cl. The first-order valence-electron chi connectivity index (χ1n) is 6.54. The van der Waals surface area contributed by atoms with E-state index >= 15 is 0 Å². The molecule has 1 aromatic rings. The van der Waals surface area contributed by atoms with E-state index in [4.69, 9.17) is 0 Å². The van der Waals surface area contributed by atoms with Crippen molar-refractivity contribution >= 4 is 18.2 Å². The van der Waals surface area contributed by atoms with Gasteiger partial charge in [-0.25, -0.2) is 0 Å². The van der Waals surface area contributed by atoms with E-state index in [1.807, 2.05) is 0 Å². The number of nitrogens with one attached hydrogen (secondary N) is 1. The summed E-state index contributed by atoms with van der Waals surface area (Å²) in [5, 5.41) is 3.35. The molecule has 1 aliphatic rings. The van der Waals surface area contributed by atoms with Gasteiger partial charge in [0.1, 0.15) is 5.84 Å². The highest BCUT2D eigenvalue weighted by atomic mass is 35.5. The topological polar surface area (TPSA) is 24.4 Å². The van der Waals surface area contributed by atoms with E-state index < -0.39 is 0 Å². The second-order valence-corrected chi connectivity index (χ2v) is 5.25. The second-order valence-electron chi connectivity index (χ2n) is 5.25. The summed E-state index contributed by atoms with van der Waals surface area (Å²) in [5.41, 5.74) is 2.78. The lowest BCUT2D eigenvalue weighted by atomic mass is 9.96. The predicted octanol–water partition coefficient (Wildman–Crippen LogP) is 3.41. The van der Waals surface area contributed by atoms with Crippen molar-refractivity contribution in [3.8, 4) is 0 Å². The van der Waals surface area contributed by atoms with E-state index in [2.05, 4.69) is 55.3 Å². The van der Waals surface area contributed by atoms with Crippen LogP contribution in [0.5, 0.6) is 0 Å². The van der Waals surface area contributed by atoms with Crippen molar-refractivity contribution < 1.29 is 0 Å². The molecular formula is C15H23ClN2. The van der Waals surface area contributed by atoms with Crippen LogP contribution in [-0.2, 0) is 6.42 Å². The first-order valence-corrected chi connectivity index (χ1v) is 6.54. The smallest absolute Gasteiger partial charge is 0.104 e. The molecule has 1 atom stereocenters. The van der Waals surface area contributed by atoms with Crippen LogP contribution in [0.3, 0.4) is 0 Å². The Kier molecular flexibility index (Phi) is 5.67. The molecule has 0 saturated heterocycles. The van der Waals surface area contributed by atoms with Crippen LogP contribution in [0.4, 0.5) is 0 Å². The average molecular weight is 267 g/mol. The summed E-state index contributed by atoms with van der Waals surface area (Å²) in [7, 11) is 0. The maximum absolute atomic E-state index is 4.49. The van der Waals surface area contributed by atoms with Gasteiger partial charge < -0.3 is 5.32 Å². The van der Waals surface area contributed by atoms with Crippen LogP contribution in [0.2, 0.25) is 0 Å². The molecule has 1 N–H and O–H groups in total. The predicted molar refractivity (Wildman–Crippen MR) is 81.0 cm³/mol. The Hall–Kier alpha value is -1.02. The molecule has 1 unspecified atom stereocenters. The van der Waals surface area contributed by atoms with Crippen LogP contribution in [-0.4, -0.2) is 18.9 Å². The highest BCUT2D eigenvalue weighted by Crippen LogP contribution is 2.19. The molecule has 1 aliphatic heterocycles.